The maximum atomic E-state index is 5.49. The molecule has 2 aromatic rings. The zero-order valence-corrected chi connectivity index (χ0v) is 13.2. The third kappa shape index (κ3) is 2.63. The van der Waals surface area contributed by atoms with Crippen LogP contribution < -0.4 is 0 Å². The van der Waals surface area contributed by atoms with E-state index in [9.17, 15) is 0 Å². The second-order valence-corrected chi connectivity index (χ2v) is 6.58. The zero-order chi connectivity index (χ0) is 14.9. The van der Waals surface area contributed by atoms with Crippen molar-refractivity contribution in [2.45, 2.75) is 44.6 Å². The number of piperidine rings is 1. The Morgan fingerprint density at radius 1 is 1.14 bits per heavy atom. The van der Waals surface area contributed by atoms with Crippen molar-refractivity contribution < 1.29 is 4.74 Å². The van der Waals surface area contributed by atoms with Crippen LogP contribution in [0, 0.1) is 6.92 Å². The van der Waals surface area contributed by atoms with Gasteiger partial charge in [0, 0.05) is 43.1 Å². The molecule has 0 unspecified atom stereocenters. The van der Waals surface area contributed by atoms with E-state index in [-0.39, 0.29) is 0 Å². The first kappa shape index (κ1) is 14.2. The number of nitrogens with zero attached hydrogens (tertiary/aromatic N) is 4. The molecule has 0 amide bonds. The fraction of sp³-hybridized carbons (Fsp3) is 0.647. The summed E-state index contributed by atoms with van der Waals surface area (Å²) in [6.45, 7) is 6.29. The molecule has 5 heteroatoms. The average molecular weight is 300 g/mol. The molecule has 0 spiro atoms. The van der Waals surface area contributed by atoms with Gasteiger partial charge in [-0.3, -0.25) is 0 Å². The van der Waals surface area contributed by atoms with Gasteiger partial charge in [0.1, 0.15) is 0 Å². The summed E-state index contributed by atoms with van der Waals surface area (Å²) in [5.74, 6) is 0.598. The molecule has 0 saturated carbocycles. The van der Waals surface area contributed by atoms with Gasteiger partial charge in [-0.2, -0.15) is 5.10 Å². The molecular formula is C17H24N4O. The normalized spacial score (nSPS) is 22.4. The fourth-order valence-electron chi connectivity index (χ4n) is 3.95. The van der Waals surface area contributed by atoms with Crippen LogP contribution in [0.4, 0.5) is 0 Å². The molecule has 5 nitrogen and oxygen atoms in total. The Hall–Kier alpha value is -1.46. The smallest absolute Gasteiger partial charge is 0.155 e. The molecule has 0 aliphatic carbocycles. The van der Waals surface area contributed by atoms with E-state index >= 15 is 0 Å². The van der Waals surface area contributed by atoms with E-state index in [2.05, 4.69) is 27.1 Å². The van der Waals surface area contributed by atoms with Crippen LogP contribution in [0.1, 0.15) is 43.0 Å². The van der Waals surface area contributed by atoms with Gasteiger partial charge in [-0.1, -0.05) is 0 Å². The molecule has 2 fully saturated rings. The van der Waals surface area contributed by atoms with Gasteiger partial charge in [0.2, 0.25) is 0 Å². The third-order valence-electron chi connectivity index (χ3n) is 5.16. The molecule has 2 aliphatic rings. The minimum absolute atomic E-state index is 0.598. The molecule has 22 heavy (non-hydrogen) atoms. The lowest BCUT2D eigenvalue weighted by Gasteiger charge is -2.39. The highest BCUT2D eigenvalue weighted by atomic mass is 16.5. The summed E-state index contributed by atoms with van der Waals surface area (Å²) in [7, 11) is 0. The number of ether oxygens (including phenoxy) is 1. The van der Waals surface area contributed by atoms with Crippen LogP contribution in [-0.2, 0) is 4.74 Å². The molecule has 0 bridgehead atoms. The van der Waals surface area contributed by atoms with Gasteiger partial charge in [0.25, 0.3) is 0 Å². The molecule has 0 radical (unpaired) electrons. The second kappa shape index (κ2) is 5.97. The highest BCUT2D eigenvalue weighted by Crippen LogP contribution is 2.30. The molecular weight excluding hydrogens is 276 g/mol. The molecule has 2 aromatic heterocycles. The van der Waals surface area contributed by atoms with Crippen molar-refractivity contribution in [2.24, 2.45) is 0 Å². The van der Waals surface area contributed by atoms with Crippen molar-refractivity contribution in [1.29, 1.82) is 0 Å². The third-order valence-corrected chi connectivity index (χ3v) is 5.16. The average Bonchev–Trinajstić information content (AvgIpc) is 2.96. The van der Waals surface area contributed by atoms with Crippen LogP contribution in [0.2, 0.25) is 0 Å². The molecule has 4 heterocycles. The van der Waals surface area contributed by atoms with Crippen LogP contribution >= 0.6 is 0 Å². The lowest BCUT2D eigenvalue weighted by molar-refractivity contribution is 0.0249. The van der Waals surface area contributed by atoms with Gasteiger partial charge in [-0.25, -0.2) is 9.50 Å². The highest BCUT2D eigenvalue weighted by Gasteiger charge is 2.28. The quantitative estimate of drug-likeness (QED) is 0.854. The molecule has 2 aliphatic heterocycles. The van der Waals surface area contributed by atoms with E-state index in [4.69, 9.17) is 4.74 Å². The van der Waals surface area contributed by atoms with Gasteiger partial charge < -0.3 is 9.64 Å². The first-order valence-corrected chi connectivity index (χ1v) is 8.44. The highest BCUT2D eigenvalue weighted by molar-refractivity contribution is 5.40. The number of fused-ring (bicyclic) bond motifs is 1. The lowest BCUT2D eigenvalue weighted by atomic mass is 9.91. The van der Waals surface area contributed by atoms with Crippen molar-refractivity contribution >= 4 is 5.65 Å². The monoisotopic (exact) mass is 300 g/mol. The maximum absolute atomic E-state index is 5.49. The SMILES string of the molecule is Cc1cc2nccc(C3CCN(C4CCOCC4)CC3)n2n1. The predicted octanol–water partition coefficient (Wildman–Crippen LogP) is 2.40. The number of hydrogen-bond acceptors (Lipinski definition) is 4. The Bertz CT molecular complexity index is 639. The predicted molar refractivity (Wildman–Crippen MR) is 85.1 cm³/mol. The molecule has 4 rings (SSSR count). The second-order valence-electron chi connectivity index (χ2n) is 6.58. The number of aromatic nitrogens is 3. The van der Waals surface area contributed by atoms with Crippen molar-refractivity contribution in [2.75, 3.05) is 26.3 Å². The zero-order valence-electron chi connectivity index (χ0n) is 13.2. The van der Waals surface area contributed by atoms with Crippen LogP contribution in [0.3, 0.4) is 0 Å². The molecule has 0 N–H and O–H groups in total. The Morgan fingerprint density at radius 3 is 2.68 bits per heavy atom. The van der Waals surface area contributed by atoms with E-state index in [1.807, 2.05) is 17.6 Å². The summed E-state index contributed by atoms with van der Waals surface area (Å²) in [6, 6.07) is 4.94. The lowest BCUT2D eigenvalue weighted by Crippen LogP contribution is -2.43. The number of hydrogen-bond donors (Lipinski definition) is 0. The van der Waals surface area contributed by atoms with Gasteiger partial charge >= 0.3 is 0 Å². The largest absolute Gasteiger partial charge is 0.381 e. The van der Waals surface area contributed by atoms with E-state index in [1.54, 1.807) is 0 Å². The molecule has 118 valence electrons. The van der Waals surface area contributed by atoms with Crippen LogP contribution in [0.25, 0.3) is 5.65 Å². The van der Waals surface area contributed by atoms with Crippen molar-refractivity contribution in [3.63, 3.8) is 0 Å². The summed E-state index contributed by atoms with van der Waals surface area (Å²) >= 11 is 0. The molecule has 0 aromatic carbocycles. The van der Waals surface area contributed by atoms with Crippen LogP contribution in [-0.4, -0.2) is 51.8 Å². The van der Waals surface area contributed by atoms with Crippen molar-refractivity contribution in [3.05, 3.63) is 29.7 Å². The van der Waals surface area contributed by atoms with Crippen LogP contribution in [0.15, 0.2) is 18.3 Å². The Kier molecular flexibility index (Phi) is 3.84. The first-order valence-electron chi connectivity index (χ1n) is 8.44. The van der Waals surface area contributed by atoms with E-state index < -0.39 is 0 Å². The number of rotatable bonds is 2. The van der Waals surface area contributed by atoms with E-state index in [0.29, 0.717) is 5.92 Å². The van der Waals surface area contributed by atoms with Gasteiger partial charge in [0.05, 0.1) is 5.69 Å². The Balaban J connectivity index is 1.48. The summed E-state index contributed by atoms with van der Waals surface area (Å²) in [5, 5.41) is 4.62. The summed E-state index contributed by atoms with van der Waals surface area (Å²) in [4.78, 5) is 7.09. The summed E-state index contributed by atoms with van der Waals surface area (Å²) in [5.41, 5.74) is 3.34. The number of likely N-dealkylation sites (tertiary alicyclic amines) is 1. The molecule has 0 atom stereocenters. The Labute approximate surface area is 131 Å². The van der Waals surface area contributed by atoms with E-state index in [1.165, 1.54) is 44.5 Å². The Morgan fingerprint density at radius 2 is 1.91 bits per heavy atom. The fourth-order valence-corrected chi connectivity index (χ4v) is 3.95. The number of aryl methyl sites for hydroxylation is 1. The standard InChI is InChI=1S/C17H24N4O/c1-13-12-17-18-7-2-16(21(17)19-13)14-3-8-20(9-4-14)15-5-10-22-11-6-15/h2,7,12,14-15H,3-6,8-11H2,1H3. The van der Waals surface area contributed by atoms with Gasteiger partial charge in [-0.05, 0) is 51.8 Å². The summed E-state index contributed by atoms with van der Waals surface area (Å²) in [6.07, 6.45) is 6.76. The maximum Gasteiger partial charge on any atom is 0.155 e. The van der Waals surface area contributed by atoms with Gasteiger partial charge in [0.15, 0.2) is 5.65 Å². The minimum atomic E-state index is 0.598. The topological polar surface area (TPSA) is 42.7 Å². The molecule has 2 saturated heterocycles. The minimum Gasteiger partial charge on any atom is -0.381 e. The van der Waals surface area contributed by atoms with E-state index in [0.717, 1.165) is 30.6 Å². The van der Waals surface area contributed by atoms with Crippen molar-refractivity contribution in [1.82, 2.24) is 19.5 Å². The summed E-state index contributed by atoms with van der Waals surface area (Å²) < 4.78 is 7.53. The van der Waals surface area contributed by atoms with Gasteiger partial charge in [-0.15, -0.1) is 0 Å². The van der Waals surface area contributed by atoms with Crippen LogP contribution in [0.5, 0.6) is 0 Å². The van der Waals surface area contributed by atoms with Crippen molar-refractivity contribution in [3.8, 4) is 0 Å². The first-order chi connectivity index (χ1) is 10.8.